The Balaban J connectivity index is 1.43. The van der Waals surface area contributed by atoms with Gasteiger partial charge >= 0.3 is 0 Å². The van der Waals surface area contributed by atoms with E-state index in [9.17, 15) is 9.18 Å². The van der Waals surface area contributed by atoms with Gasteiger partial charge in [0.15, 0.2) is 0 Å². The molecule has 0 aliphatic heterocycles. The van der Waals surface area contributed by atoms with E-state index in [1.165, 1.54) is 30.0 Å². The van der Waals surface area contributed by atoms with Crippen LogP contribution >= 0.6 is 0 Å². The standard InChI is InChI=1S/C25H27FN4O/c1-16-23-24(29-28-16)21-13-18-7-2-3-8-19(18)14-22(21)30(25(23)31)11-5-10-27-15-17-6-4-9-20(26)12-17/h4,6,9,12-14,27H,2-3,5,7-8,10-11,15H2,1H3,(H,28,29). The molecule has 4 aromatic rings. The van der Waals surface area contributed by atoms with Crippen LogP contribution in [0.1, 0.15) is 41.6 Å². The summed E-state index contributed by atoms with van der Waals surface area (Å²) in [5.41, 5.74) is 6.28. The Hall–Kier alpha value is -2.99. The van der Waals surface area contributed by atoms with Gasteiger partial charge in [0.05, 0.1) is 10.9 Å². The molecule has 31 heavy (non-hydrogen) atoms. The third-order valence-corrected chi connectivity index (χ3v) is 6.37. The molecule has 5 nitrogen and oxygen atoms in total. The molecule has 1 aliphatic carbocycles. The second-order valence-electron chi connectivity index (χ2n) is 8.53. The molecule has 2 aromatic heterocycles. The smallest absolute Gasteiger partial charge is 0.262 e. The van der Waals surface area contributed by atoms with Gasteiger partial charge in [-0.2, -0.15) is 5.10 Å². The van der Waals surface area contributed by atoms with Gasteiger partial charge < -0.3 is 9.88 Å². The number of pyridine rings is 1. The number of rotatable bonds is 6. The van der Waals surface area contributed by atoms with Crippen LogP contribution in [0.4, 0.5) is 4.39 Å². The van der Waals surface area contributed by atoms with Gasteiger partial charge in [-0.05, 0) is 86.5 Å². The number of aromatic amines is 1. The van der Waals surface area contributed by atoms with Gasteiger partial charge in [0.1, 0.15) is 11.3 Å². The summed E-state index contributed by atoms with van der Waals surface area (Å²) in [6.45, 7) is 3.90. The van der Waals surface area contributed by atoms with Crippen molar-refractivity contribution in [1.82, 2.24) is 20.1 Å². The van der Waals surface area contributed by atoms with E-state index in [1.807, 2.05) is 17.6 Å². The van der Waals surface area contributed by atoms with Gasteiger partial charge in [-0.25, -0.2) is 4.39 Å². The molecule has 0 unspecified atom stereocenters. The lowest BCUT2D eigenvalue weighted by atomic mass is 9.90. The van der Waals surface area contributed by atoms with Crippen LogP contribution in [0.25, 0.3) is 21.8 Å². The van der Waals surface area contributed by atoms with Crippen LogP contribution in [-0.4, -0.2) is 21.3 Å². The fraction of sp³-hybridized carbons (Fsp3) is 0.360. The van der Waals surface area contributed by atoms with Gasteiger partial charge in [-0.15, -0.1) is 0 Å². The highest BCUT2D eigenvalue weighted by atomic mass is 19.1. The zero-order valence-electron chi connectivity index (χ0n) is 17.8. The second kappa shape index (κ2) is 8.27. The van der Waals surface area contributed by atoms with Crippen molar-refractivity contribution in [3.8, 4) is 0 Å². The molecule has 6 heteroatoms. The van der Waals surface area contributed by atoms with E-state index >= 15 is 0 Å². The van der Waals surface area contributed by atoms with Gasteiger partial charge in [-0.3, -0.25) is 9.89 Å². The second-order valence-corrected chi connectivity index (χ2v) is 8.53. The van der Waals surface area contributed by atoms with Crippen molar-refractivity contribution in [2.75, 3.05) is 6.54 Å². The monoisotopic (exact) mass is 418 g/mol. The van der Waals surface area contributed by atoms with Gasteiger partial charge in [0.25, 0.3) is 5.56 Å². The first-order valence-electron chi connectivity index (χ1n) is 11.1. The number of hydrogen-bond donors (Lipinski definition) is 2. The Morgan fingerprint density at radius 1 is 1.16 bits per heavy atom. The van der Waals surface area contributed by atoms with E-state index < -0.39 is 0 Å². The zero-order chi connectivity index (χ0) is 21.4. The van der Waals surface area contributed by atoms with Crippen molar-refractivity contribution in [1.29, 1.82) is 0 Å². The Morgan fingerprint density at radius 2 is 1.97 bits per heavy atom. The molecule has 0 amide bonds. The van der Waals surface area contributed by atoms with Crippen molar-refractivity contribution in [2.24, 2.45) is 0 Å². The average molecular weight is 419 g/mol. The molecule has 5 rings (SSSR count). The van der Waals surface area contributed by atoms with E-state index in [0.29, 0.717) is 18.5 Å². The average Bonchev–Trinajstić information content (AvgIpc) is 3.16. The summed E-state index contributed by atoms with van der Waals surface area (Å²) in [4.78, 5) is 13.4. The topological polar surface area (TPSA) is 62.7 Å². The summed E-state index contributed by atoms with van der Waals surface area (Å²) in [5, 5.41) is 12.6. The maximum absolute atomic E-state index is 13.4. The molecule has 1 aliphatic rings. The summed E-state index contributed by atoms with van der Waals surface area (Å²) in [6, 6.07) is 11.1. The minimum atomic E-state index is -0.218. The molecular weight excluding hydrogens is 391 g/mol. The summed E-state index contributed by atoms with van der Waals surface area (Å²) < 4.78 is 15.3. The lowest BCUT2D eigenvalue weighted by Crippen LogP contribution is -2.24. The molecular formula is C25H27FN4O. The minimum absolute atomic E-state index is 0.0228. The number of hydrogen-bond acceptors (Lipinski definition) is 3. The van der Waals surface area contributed by atoms with Gasteiger partial charge in [-0.1, -0.05) is 12.1 Å². The molecule has 2 heterocycles. The van der Waals surface area contributed by atoms with Crippen molar-refractivity contribution < 1.29 is 4.39 Å². The van der Waals surface area contributed by atoms with E-state index in [0.717, 1.165) is 53.5 Å². The third-order valence-electron chi connectivity index (χ3n) is 6.37. The van der Waals surface area contributed by atoms with Crippen molar-refractivity contribution in [3.63, 3.8) is 0 Å². The van der Waals surface area contributed by atoms with E-state index in [2.05, 4.69) is 27.6 Å². The normalized spacial score (nSPS) is 13.7. The Labute approximate surface area is 180 Å². The third kappa shape index (κ3) is 3.76. The summed E-state index contributed by atoms with van der Waals surface area (Å²) in [5.74, 6) is -0.218. The lowest BCUT2D eigenvalue weighted by Gasteiger charge is -2.19. The number of fused-ring (bicyclic) bond motifs is 4. The fourth-order valence-electron chi connectivity index (χ4n) is 4.78. The molecule has 2 aromatic carbocycles. The number of nitrogens with one attached hydrogen (secondary N) is 2. The van der Waals surface area contributed by atoms with Crippen LogP contribution < -0.4 is 10.9 Å². The van der Waals surface area contributed by atoms with Crippen LogP contribution in [0.5, 0.6) is 0 Å². The highest BCUT2D eigenvalue weighted by molar-refractivity contribution is 6.04. The summed E-state index contributed by atoms with van der Waals surface area (Å²) >= 11 is 0. The largest absolute Gasteiger partial charge is 0.313 e. The highest BCUT2D eigenvalue weighted by Gasteiger charge is 2.18. The summed E-state index contributed by atoms with van der Waals surface area (Å²) in [6.07, 6.45) is 5.41. The van der Waals surface area contributed by atoms with Crippen molar-refractivity contribution in [3.05, 3.63) is 75.0 Å². The van der Waals surface area contributed by atoms with Crippen LogP contribution in [0.15, 0.2) is 41.2 Å². The molecule has 0 fully saturated rings. The molecule has 0 spiro atoms. The lowest BCUT2D eigenvalue weighted by molar-refractivity contribution is 0.579. The maximum Gasteiger partial charge on any atom is 0.262 e. The van der Waals surface area contributed by atoms with Crippen LogP contribution in [-0.2, 0) is 25.9 Å². The quantitative estimate of drug-likeness (QED) is 0.457. The first-order chi connectivity index (χ1) is 15.1. The predicted molar refractivity (Wildman–Crippen MR) is 122 cm³/mol. The molecule has 160 valence electrons. The number of benzene rings is 2. The Kier molecular flexibility index (Phi) is 5.32. The zero-order valence-corrected chi connectivity index (χ0v) is 17.8. The summed E-state index contributed by atoms with van der Waals surface area (Å²) in [7, 11) is 0. The molecule has 0 saturated carbocycles. The number of halogens is 1. The predicted octanol–water partition coefficient (Wildman–Crippen LogP) is 4.38. The number of nitrogens with zero attached hydrogens (tertiary/aromatic N) is 2. The van der Waals surface area contributed by atoms with E-state index in [4.69, 9.17) is 0 Å². The van der Waals surface area contributed by atoms with Crippen molar-refractivity contribution >= 4 is 21.8 Å². The van der Waals surface area contributed by atoms with Crippen molar-refractivity contribution in [2.45, 2.75) is 52.1 Å². The molecule has 0 radical (unpaired) electrons. The van der Waals surface area contributed by atoms with Gasteiger partial charge in [0.2, 0.25) is 0 Å². The van der Waals surface area contributed by atoms with Crippen LogP contribution in [0, 0.1) is 12.7 Å². The van der Waals surface area contributed by atoms with E-state index in [-0.39, 0.29) is 11.4 Å². The first-order valence-corrected chi connectivity index (χ1v) is 11.1. The molecule has 0 saturated heterocycles. The van der Waals surface area contributed by atoms with E-state index in [1.54, 1.807) is 12.1 Å². The van der Waals surface area contributed by atoms with Crippen LogP contribution in [0.2, 0.25) is 0 Å². The maximum atomic E-state index is 13.4. The first kappa shape index (κ1) is 19.9. The van der Waals surface area contributed by atoms with Crippen LogP contribution in [0.3, 0.4) is 0 Å². The minimum Gasteiger partial charge on any atom is -0.313 e. The highest BCUT2D eigenvalue weighted by Crippen LogP contribution is 2.30. The number of H-pyrrole nitrogens is 1. The Bertz CT molecular complexity index is 1320. The number of aryl methyl sites for hydroxylation is 4. The number of aromatic nitrogens is 3. The SMILES string of the molecule is Cc1[nH]nc2c1c(=O)n(CCCNCc1cccc(F)c1)c1cc3c(cc21)CCCC3. The molecule has 0 atom stereocenters. The fourth-order valence-corrected chi connectivity index (χ4v) is 4.78. The molecule has 0 bridgehead atoms. The van der Waals surface area contributed by atoms with Gasteiger partial charge in [0, 0.05) is 24.2 Å². The Morgan fingerprint density at radius 3 is 2.77 bits per heavy atom. The molecule has 2 N–H and O–H groups in total.